The van der Waals surface area contributed by atoms with Crippen LogP contribution in [0.1, 0.15) is 16.1 Å². The Labute approximate surface area is 141 Å². The second-order valence-corrected chi connectivity index (χ2v) is 5.52. The molecule has 0 aliphatic carbocycles. The quantitative estimate of drug-likeness (QED) is 0.559. The van der Waals surface area contributed by atoms with E-state index in [0.717, 1.165) is 0 Å². The summed E-state index contributed by atoms with van der Waals surface area (Å²) in [5.74, 6) is -0.490. The summed E-state index contributed by atoms with van der Waals surface area (Å²) in [6.07, 6.45) is 3.43. The molecule has 0 radical (unpaired) electrons. The van der Waals surface area contributed by atoms with Gasteiger partial charge in [-0.25, -0.2) is 9.78 Å². The van der Waals surface area contributed by atoms with E-state index in [-0.39, 0.29) is 17.9 Å². The van der Waals surface area contributed by atoms with E-state index in [1.807, 2.05) is 0 Å². The van der Waals surface area contributed by atoms with E-state index >= 15 is 0 Å². The minimum atomic E-state index is -0.691. The highest BCUT2D eigenvalue weighted by atomic mass is 16.4. The maximum absolute atomic E-state index is 12.3. The van der Waals surface area contributed by atoms with Crippen LogP contribution in [0.2, 0.25) is 0 Å². The third kappa shape index (κ3) is 2.72. The molecule has 124 valence electrons. The van der Waals surface area contributed by atoms with Crippen LogP contribution in [-0.4, -0.2) is 20.4 Å². The van der Waals surface area contributed by atoms with Crippen molar-refractivity contribution in [2.75, 3.05) is 0 Å². The first kappa shape index (κ1) is 14.9. The van der Waals surface area contributed by atoms with Crippen LogP contribution in [-0.2, 0) is 6.54 Å². The predicted octanol–water partition coefficient (Wildman–Crippen LogP) is 2.08. The van der Waals surface area contributed by atoms with Crippen LogP contribution in [0, 0.1) is 0 Å². The fourth-order valence-electron chi connectivity index (χ4n) is 2.62. The number of pyridine rings is 1. The van der Waals surface area contributed by atoms with Gasteiger partial charge in [-0.3, -0.25) is 4.79 Å². The van der Waals surface area contributed by atoms with Crippen molar-refractivity contribution in [2.24, 2.45) is 0 Å². The number of amides is 1. The van der Waals surface area contributed by atoms with Gasteiger partial charge in [0.25, 0.3) is 5.91 Å². The maximum atomic E-state index is 12.3. The summed E-state index contributed by atoms with van der Waals surface area (Å²) in [5, 5.41) is 13.1. The predicted molar refractivity (Wildman–Crippen MR) is 90.5 cm³/mol. The van der Waals surface area contributed by atoms with Crippen LogP contribution in [0.5, 0.6) is 5.75 Å². The summed E-state index contributed by atoms with van der Waals surface area (Å²) < 4.78 is 6.81. The van der Waals surface area contributed by atoms with E-state index < -0.39 is 11.5 Å². The van der Waals surface area contributed by atoms with Crippen molar-refractivity contribution in [1.29, 1.82) is 0 Å². The Hall–Kier alpha value is -3.61. The van der Waals surface area contributed by atoms with E-state index in [1.165, 1.54) is 12.1 Å². The highest BCUT2D eigenvalue weighted by molar-refractivity contribution is 5.96. The lowest BCUT2D eigenvalue weighted by molar-refractivity contribution is 0.0947. The second kappa shape index (κ2) is 5.79. The molecule has 2 N–H and O–H groups in total. The van der Waals surface area contributed by atoms with Crippen molar-refractivity contribution >= 4 is 22.5 Å². The summed E-state index contributed by atoms with van der Waals surface area (Å²) in [6, 6.07) is 11.7. The molecule has 0 saturated heterocycles. The number of hydrogen-bond donors (Lipinski definition) is 2. The fraction of sp³-hybridized carbons (Fsp3) is 0.0556. The first-order valence-corrected chi connectivity index (χ1v) is 7.58. The van der Waals surface area contributed by atoms with E-state index in [2.05, 4.69) is 10.3 Å². The molecule has 0 saturated carbocycles. The lowest BCUT2D eigenvalue weighted by Gasteiger charge is -2.03. The van der Waals surface area contributed by atoms with Crippen LogP contribution in [0.3, 0.4) is 0 Å². The van der Waals surface area contributed by atoms with Crippen LogP contribution in [0.4, 0.5) is 0 Å². The average Bonchev–Trinajstić information content (AvgIpc) is 3.03. The van der Waals surface area contributed by atoms with Crippen LogP contribution >= 0.6 is 0 Å². The lowest BCUT2D eigenvalue weighted by Crippen LogP contribution is -2.27. The molecular formula is C18H13N3O4. The molecular weight excluding hydrogens is 322 g/mol. The Bertz CT molecular complexity index is 1160. The molecule has 4 rings (SSSR count). The number of para-hydroxylation sites is 1. The van der Waals surface area contributed by atoms with E-state index in [0.29, 0.717) is 22.3 Å². The smallest absolute Gasteiger partial charge is 0.349 e. The number of nitrogens with one attached hydrogen (secondary N) is 1. The first-order chi connectivity index (χ1) is 12.1. The van der Waals surface area contributed by atoms with E-state index in [9.17, 15) is 14.7 Å². The number of hydrogen-bond acceptors (Lipinski definition) is 5. The fourth-order valence-corrected chi connectivity index (χ4v) is 2.62. The van der Waals surface area contributed by atoms with Gasteiger partial charge in [0.1, 0.15) is 11.1 Å². The summed E-state index contributed by atoms with van der Waals surface area (Å²) in [6.45, 7) is 0.117. The molecule has 7 heteroatoms. The van der Waals surface area contributed by atoms with Crippen LogP contribution < -0.4 is 10.9 Å². The lowest BCUT2D eigenvalue weighted by atomic mass is 10.2. The van der Waals surface area contributed by atoms with Gasteiger partial charge in [0, 0.05) is 17.8 Å². The molecule has 0 spiro atoms. The zero-order chi connectivity index (χ0) is 17.4. The summed E-state index contributed by atoms with van der Waals surface area (Å²) in [4.78, 5) is 28.5. The molecule has 0 unspecified atom stereocenters. The van der Waals surface area contributed by atoms with Crippen LogP contribution in [0.15, 0.2) is 64.1 Å². The van der Waals surface area contributed by atoms with Gasteiger partial charge in [-0.15, -0.1) is 0 Å². The van der Waals surface area contributed by atoms with Gasteiger partial charge in [0.15, 0.2) is 11.4 Å². The number of imidazole rings is 1. The number of aromatic nitrogens is 2. The van der Waals surface area contributed by atoms with Gasteiger partial charge in [0.05, 0.1) is 12.2 Å². The third-order valence-corrected chi connectivity index (χ3v) is 3.83. The van der Waals surface area contributed by atoms with Gasteiger partial charge < -0.3 is 19.2 Å². The van der Waals surface area contributed by atoms with Crippen molar-refractivity contribution in [2.45, 2.75) is 6.54 Å². The monoisotopic (exact) mass is 335 g/mol. The SMILES string of the molecule is O=C(NCc1cn2cccc(O)c2n1)c1cc2ccccc2oc1=O. The molecule has 25 heavy (non-hydrogen) atoms. The molecule has 3 heterocycles. The van der Waals surface area contributed by atoms with Gasteiger partial charge >= 0.3 is 5.63 Å². The summed E-state index contributed by atoms with van der Waals surface area (Å²) in [7, 11) is 0. The zero-order valence-corrected chi connectivity index (χ0v) is 13.0. The van der Waals surface area contributed by atoms with E-state index in [4.69, 9.17) is 4.42 Å². The molecule has 0 atom stereocenters. The number of benzene rings is 1. The molecule has 0 aliphatic rings. The van der Waals surface area contributed by atoms with Crippen molar-refractivity contribution in [3.8, 4) is 5.75 Å². The molecule has 0 fully saturated rings. The Kier molecular flexibility index (Phi) is 3.46. The number of rotatable bonds is 3. The van der Waals surface area contributed by atoms with Gasteiger partial charge in [0.2, 0.25) is 0 Å². The number of aromatic hydroxyl groups is 1. The number of carbonyl (C=O) groups excluding carboxylic acids is 1. The maximum Gasteiger partial charge on any atom is 0.349 e. The van der Waals surface area contributed by atoms with Crippen molar-refractivity contribution < 1.29 is 14.3 Å². The van der Waals surface area contributed by atoms with Crippen LogP contribution in [0.25, 0.3) is 16.6 Å². The Morgan fingerprint density at radius 1 is 1.24 bits per heavy atom. The Balaban J connectivity index is 1.58. The standard InChI is InChI=1S/C18H13N3O4/c22-14-5-3-7-21-10-12(20-16(14)21)9-19-17(23)13-8-11-4-1-2-6-15(11)25-18(13)24/h1-8,10,22H,9H2,(H,19,23). The Morgan fingerprint density at radius 3 is 2.92 bits per heavy atom. The largest absolute Gasteiger partial charge is 0.504 e. The van der Waals surface area contributed by atoms with Crippen molar-refractivity contribution in [3.63, 3.8) is 0 Å². The summed E-state index contributed by atoms with van der Waals surface area (Å²) in [5.41, 5.74) is 0.631. The molecule has 0 bridgehead atoms. The molecule has 0 aliphatic heterocycles. The average molecular weight is 335 g/mol. The normalized spacial score (nSPS) is 11.0. The highest BCUT2D eigenvalue weighted by Gasteiger charge is 2.14. The minimum Gasteiger partial charge on any atom is -0.504 e. The minimum absolute atomic E-state index is 0.0512. The second-order valence-electron chi connectivity index (χ2n) is 5.52. The molecule has 1 aromatic carbocycles. The summed E-state index contributed by atoms with van der Waals surface area (Å²) >= 11 is 0. The van der Waals surface area contributed by atoms with Gasteiger partial charge in [-0.1, -0.05) is 18.2 Å². The first-order valence-electron chi connectivity index (χ1n) is 7.58. The number of carbonyl (C=O) groups is 1. The molecule has 1 amide bonds. The Morgan fingerprint density at radius 2 is 2.08 bits per heavy atom. The van der Waals surface area contributed by atoms with Gasteiger partial charge in [-0.05, 0) is 24.3 Å². The zero-order valence-electron chi connectivity index (χ0n) is 13.0. The number of nitrogens with zero attached hydrogens (tertiary/aromatic N) is 2. The molecule has 7 nitrogen and oxygen atoms in total. The van der Waals surface area contributed by atoms with Gasteiger partial charge in [-0.2, -0.15) is 0 Å². The highest BCUT2D eigenvalue weighted by Crippen LogP contribution is 2.17. The molecule has 4 aromatic rings. The van der Waals surface area contributed by atoms with Crippen molar-refractivity contribution in [3.05, 3.63) is 76.5 Å². The third-order valence-electron chi connectivity index (χ3n) is 3.83. The topological polar surface area (TPSA) is 96.8 Å². The number of fused-ring (bicyclic) bond motifs is 2. The van der Waals surface area contributed by atoms with Crippen molar-refractivity contribution in [1.82, 2.24) is 14.7 Å². The molecule has 3 aromatic heterocycles. The van der Waals surface area contributed by atoms with E-state index in [1.54, 1.807) is 47.1 Å².